The maximum atomic E-state index is 13.5. The lowest BCUT2D eigenvalue weighted by Crippen LogP contribution is -2.44. The maximum absolute atomic E-state index is 13.5. The number of halogens is 4. The SMILES string of the molecule is O=C(NCc1cccs1)C1CN(Cc2cccc(F)c2)Cc2ccnn21.O=C(O)C(F)(F)F. The van der Waals surface area contributed by atoms with Gasteiger partial charge in [0.05, 0.1) is 12.2 Å². The van der Waals surface area contributed by atoms with Gasteiger partial charge in [-0.25, -0.2) is 9.18 Å². The van der Waals surface area contributed by atoms with E-state index in [1.165, 1.54) is 12.1 Å². The molecule has 1 aliphatic rings. The molecule has 0 aliphatic carbocycles. The number of hydrogen-bond acceptors (Lipinski definition) is 5. The highest BCUT2D eigenvalue weighted by Crippen LogP contribution is 2.23. The number of fused-ring (bicyclic) bond motifs is 1. The number of rotatable bonds is 5. The molecule has 0 radical (unpaired) electrons. The van der Waals surface area contributed by atoms with Crippen LogP contribution in [0.1, 0.15) is 22.2 Å². The molecular formula is C21H20F4N4O3S. The van der Waals surface area contributed by atoms with E-state index in [0.717, 1.165) is 16.1 Å². The zero-order chi connectivity index (χ0) is 24.0. The summed E-state index contributed by atoms with van der Waals surface area (Å²) in [5.41, 5.74) is 1.89. The predicted molar refractivity (Wildman–Crippen MR) is 112 cm³/mol. The summed E-state index contributed by atoms with van der Waals surface area (Å²) in [7, 11) is 0. The maximum Gasteiger partial charge on any atom is 0.490 e. The largest absolute Gasteiger partial charge is 0.490 e. The molecule has 0 spiro atoms. The molecule has 7 nitrogen and oxygen atoms in total. The second kappa shape index (κ2) is 10.6. The van der Waals surface area contributed by atoms with E-state index < -0.39 is 12.1 Å². The minimum Gasteiger partial charge on any atom is -0.475 e. The first kappa shape index (κ1) is 24.4. The van der Waals surface area contributed by atoms with E-state index in [-0.39, 0.29) is 17.8 Å². The first-order chi connectivity index (χ1) is 15.6. The molecule has 3 aromatic rings. The molecule has 1 aliphatic heterocycles. The summed E-state index contributed by atoms with van der Waals surface area (Å²) in [6.07, 6.45) is -3.36. The van der Waals surface area contributed by atoms with Crippen LogP contribution >= 0.6 is 11.3 Å². The molecule has 2 N–H and O–H groups in total. The van der Waals surface area contributed by atoms with Crippen LogP contribution in [0.2, 0.25) is 0 Å². The first-order valence-electron chi connectivity index (χ1n) is 9.73. The number of aliphatic carboxylic acids is 1. The Morgan fingerprint density at radius 1 is 1.21 bits per heavy atom. The molecule has 0 fully saturated rings. The van der Waals surface area contributed by atoms with Gasteiger partial charge in [-0.3, -0.25) is 14.4 Å². The number of carbonyl (C=O) groups excluding carboxylic acids is 1. The molecule has 1 aromatic carbocycles. The van der Waals surface area contributed by atoms with Crippen LogP contribution in [-0.2, 0) is 29.2 Å². The third-order valence-electron chi connectivity index (χ3n) is 4.72. The smallest absolute Gasteiger partial charge is 0.475 e. The lowest BCUT2D eigenvalue weighted by molar-refractivity contribution is -0.192. The molecule has 0 saturated heterocycles. The quantitative estimate of drug-likeness (QED) is 0.541. The number of benzene rings is 1. The van der Waals surface area contributed by atoms with Crippen LogP contribution in [-0.4, -0.2) is 44.4 Å². The number of alkyl halides is 3. The summed E-state index contributed by atoms with van der Waals surface area (Å²) >= 11 is 1.62. The van der Waals surface area contributed by atoms with E-state index >= 15 is 0 Å². The number of amides is 1. The Morgan fingerprint density at radius 2 is 1.97 bits per heavy atom. The number of carboxylic acid groups (broad SMARTS) is 1. The molecule has 1 atom stereocenters. The molecule has 12 heteroatoms. The predicted octanol–water partition coefficient (Wildman–Crippen LogP) is 3.59. The summed E-state index contributed by atoms with van der Waals surface area (Å²) in [6.45, 7) is 2.35. The molecule has 2 aromatic heterocycles. The standard InChI is InChI=1S/C19H19FN4OS.C2HF3O2/c20-15-4-1-3-14(9-15)11-23-12-16-6-7-22-24(16)18(13-23)19(25)21-10-17-5-2-8-26-17;3-2(4,5)1(6)7/h1-9,18H,10-13H2,(H,21,25);(H,6,7). The average Bonchev–Trinajstić information content (AvgIpc) is 3.43. The molecule has 33 heavy (non-hydrogen) atoms. The Bertz CT molecular complexity index is 1090. The van der Waals surface area contributed by atoms with E-state index in [9.17, 15) is 22.4 Å². The topological polar surface area (TPSA) is 87.5 Å². The highest BCUT2D eigenvalue weighted by molar-refractivity contribution is 7.09. The summed E-state index contributed by atoms with van der Waals surface area (Å²) in [5.74, 6) is -3.05. The summed E-state index contributed by atoms with van der Waals surface area (Å²) in [5, 5.41) is 16.5. The highest BCUT2D eigenvalue weighted by atomic mass is 32.1. The number of carbonyl (C=O) groups is 2. The number of hydrogen-bond donors (Lipinski definition) is 2. The average molecular weight is 484 g/mol. The summed E-state index contributed by atoms with van der Waals surface area (Å²) in [6, 6.07) is 12.1. The van der Waals surface area contributed by atoms with Crippen LogP contribution in [0.15, 0.2) is 54.0 Å². The number of carboxylic acids is 1. The second-order valence-corrected chi connectivity index (χ2v) is 8.21. The Morgan fingerprint density at radius 3 is 2.61 bits per heavy atom. The van der Waals surface area contributed by atoms with Gasteiger partial charge in [-0.1, -0.05) is 18.2 Å². The Labute approximate surface area is 190 Å². The number of thiophene rings is 1. The van der Waals surface area contributed by atoms with Crippen molar-refractivity contribution in [1.29, 1.82) is 0 Å². The van der Waals surface area contributed by atoms with Gasteiger partial charge in [-0.2, -0.15) is 18.3 Å². The summed E-state index contributed by atoms with van der Waals surface area (Å²) < 4.78 is 47.0. The lowest BCUT2D eigenvalue weighted by Gasteiger charge is -2.33. The third-order valence-corrected chi connectivity index (χ3v) is 5.60. The van der Waals surface area contributed by atoms with Gasteiger partial charge in [0.25, 0.3) is 0 Å². The van der Waals surface area contributed by atoms with Crippen LogP contribution in [0.3, 0.4) is 0 Å². The minimum atomic E-state index is -5.08. The van der Waals surface area contributed by atoms with Gasteiger partial charge in [-0.15, -0.1) is 11.3 Å². The molecule has 0 saturated carbocycles. The van der Waals surface area contributed by atoms with Gasteiger partial charge in [0.2, 0.25) is 5.91 Å². The van der Waals surface area contributed by atoms with Gasteiger partial charge in [0.15, 0.2) is 0 Å². The van der Waals surface area contributed by atoms with E-state index in [2.05, 4.69) is 15.3 Å². The summed E-state index contributed by atoms with van der Waals surface area (Å²) in [4.78, 5) is 24.9. The van der Waals surface area contributed by atoms with Crippen molar-refractivity contribution in [3.05, 3.63) is 76.0 Å². The monoisotopic (exact) mass is 484 g/mol. The van der Waals surface area contributed by atoms with Gasteiger partial charge in [-0.05, 0) is 35.2 Å². The second-order valence-electron chi connectivity index (χ2n) is 7.18. The number of nitrogens with one attached hydrogen (secondary N) is 1. The Hall–Kier alpha value is -3.25. The van der Waals surface area contributed by atoms with Crippen molar-refractivity contribution in [2.75, 3.05) is 6.54 Å². The Kier molecular flexibility index (Phi) is 7.82. The Balaban J connectivity index is 0.000000383. The van der Waals surface area contributed by atoms with Crippen molar-refractivity contribution in [2.24, 2.45) is 0 Å². The fourth-order valence-corrected chi connectivity index (χ4v) is 3.92. The van der Waals surface area contributed by atoms with E-state index in [4.69, 9.17) is 9.90 Å². The molecule has 4 rings (SSSR count). The van der Waals surface area contributed by atoms with Gasteiger partial charge >= 0.3 is 12.1 Å². The third kappa shape index (κ3) is 6.86. The van der Waals surface area contributed by atoms with Crippen LogP contribution in [0.4, 0.5) is 17.6 Å². The fourth-order valence-electron chi connectivity index (χ4n) is 3.28. The van der Waals surface area contributed by atoms with Crippen LogP contribution < -0.4 is 5.32 Å². The minimum absolute atomic E-state index is 0.0488. The van der Waals surface area contributed by atoms with Crippen molar-refractivity contribution in [2.45, 2.75) is 31.9 Å². The van der Waals surface area contributed by atoms with Crippen molar-refractivity contribution in [3.63, 3.8) is 0 Å². The van der Waals surface area contributed by atoms with Crippen molar-refractivity contribution in [3.8, 4) is 0 Å². The van der Waals surface area contributed by atoms with Crippen molar-refractivity contribution < 1.29 is 32.3 Å². The molecule has 1 unspecified atom stereocenters. The normalized spacial score (nSPS) is 15.8. The van der Waals surface area contributed by atoms with Crippen LogP contribution in [0.5, 0.6) is 0 Å². The van der Waals surface area contributed by atoms with Gasteiger partial charge in [0.1, 0.15) is 11.9 Å². The number of nitrogens with zero attached hydrogens (tertiary/aromatic N) is 3. The van der Waals surface area contributed by atoms with Crippen LogP contribution in [0.25, 0.3) is 0 Å². The van der Waals surface area contributed by atoms with E-state index in [1.54, 1.807) is 28.3 Å². The highest BCUT2D eigenvalue weighted by Gasteiger charge is 2.38. The zero-order valence-corrected chi connectivity index (χ0v) is 17.9. The first-order valence-corrected chi connectivity index (χ1v) is 10.6. The van der Waals surface area contributed by atoms with Gasteiger partial charge < -0.3 is 10.4 Å². The number of aromatic nitrogens is 2. The van der Waals surface area contributed by atoms with Gasteiger partial charge in [0, 0.05) is 30.7 Å². The molecule has 0 bridgehead atoms. The van der Waals surface area contributed by atoms with Crippen molar-refractivity contribution in [1.82, 2.24) is 20.0 Å². The zero-order valence-electron chi connectivity index (χ0n) is 17.1. The van der Waals surface area contributed by atoms with Crippen molar-refractivity contribution >= 4 is 23.2 Å². The molecular weight excluding hydrogens is 464 g/mol. The lowest BCUT2D eigenvalue weighted by atomic mass is 10.1. The van der Waals surface area contributed by atoms with E-state index in [1.807, 2.05) is 29.6 Å². The molecule has 3 heterocycles. The van der Waals surface area contributed by atoms with Crippen LogP contribution in [0, 0.1) is 5.82 Å². The van der Waals surface area contributed by atoms with E-state index in [0.29, 0.717) is 26.2 Å². The fraction of sp³-hybridized carbons (Fsp3) is 0.286. The molecule has 1 amide bonds. The molecule has 176 valence electrons.